The number of rotatable bonds is 6. The molecule has 184 valence electrons. The lowest BCUT2D eigenvalue weighted by atomic mass is 9.96. The van der Waals surface area contributed by atoms with Gasteiger partial charge < -0.3 is 4.90 Å². The number of hydrogen-bond acceptors (Lipinski definition) is 5. The second-order valence-electron chi connectivity index (χ2n) is 9.80. The Morgan fingerprint density at radius 1 is 0.806 bits per heavy atom. The molecular weight excluding hydrogens is 489 g/mol. The molecule has 1 aromatic heterocycles. The Morgan fingerprint density at radius 3 is 1.97 bits per heavy atom. The monoisotopic (exact) mass is 517 g/mol. The van der Waals surface area contributed by atoms with Gasteiger partial charge in [0.2, 0.25) is 0 Å². The van der Waals surface area contributed by atoms with Crippen LogP contribution in [0.1, 0.15) is 29.9 Å². The third-order valence-corrected chi connectivity index (χ3v) is 7.77. The second kappa shape index (κ2) is 9.98. The minimum absolute atomic E-state index is 0.161. The van der Waals surface area contributed by atoms with Crippen molar-refractivity contribution in [3.8, 4) is 0 Å². The standard InChI is InChI=1S/C29H29Cl2N5/c1-20-18-36(20)29-25-4-2-3-5-26(25)32-27(33-29)19-34-14-16-35(17-15-34)28(21-6-10-23(30)11-7-21)22-8-12-24(31)13-9-22/h2-13,20,28H,14-19H2,1H3. The van der Waals surface area contributed by atoms with Crippen LogP contribution in [0.4, 0.5) is 5.82 Å². The van der Waals surface area contributed by atoms with Crippen LogP contribution in [0.5, 0.6) is 0 Å². The van der Waals surface area contributed by atoms with Crippen molar-refractivity contribution < 1.29 is 0 Å². The minimum Gasteiger partial charge on any atom is -0.349 e. The van der Waals surface area contributed by atoms with Crippen molar-refractivity contribution >= 4 is 39.9 Å². The predicted molar refractivity (Wildman–Crippen MR) is 148 cm³/mol. The number of benzene rings is 3. The fourth-order valence-electron chi connectivity index (χ4n) is 5.21. The van der Waals surface area contributed by atoms with E-state index in [1.807, 2.05) is 24.3 Å². The molecule has 1 unspecified atom stereocenters. The zero-order chi connectivity index (χ0) is 24.6. The van der Waals surface area contributed by atoms with Crippen LogP contribution in [0.25, 0.3) is 10.9 Å². The summed E-state index contributed by atoms with van der Waals surface area (Å²) in [5, 5.41) is 2.65. The number of halogens is 2. The largest absolute Gasteiger partial charge is 0.349 e. The van der Waals surface area contributed by atoms with Gasteiger partial charge in [0, 0.05) is 54.2 Å². The van der Waals surface area contributed by atoms with Gasteiger partial charge in [-0.05, 0) is 54.4 Å². The Labute approximate surface area is 222 Å². The van der Waals surface area contributed by atoms with Crippen molar-refractivity contribution in [2.75, 3.05) is 37.6 Å². The first-order valence-electron chi connectivity index (χ1n) is 12.5. The highest BCUT2D eigenvalue weighted by Crippen LogP contribution is 2.33. The molecule has 7 heteroatoms. The van der Waals surface area contributed by atoms with E-state index in [1.165, 1.54) is 11.1 Å². The highest BCUT2D eigenvalue weighted by molar-refractivity contribution is 6.30. The predicted octanol–water partition coefficient (Wildman–Crippen LogP) is 6.05. The summed E-state index contributed by atoms with van der Waals surface area (Å²) in [6.07, 6.45) is 0. The molecule has 0 bridgehead atoms. The third-order valence-electron chi connectivity index (χ3n) is 7.27. The van der Waals surface area contributed by atoms with E-state index < -0.39 is 0 Å². The molecule has 1 atom stereocenters. The van der Waals surface area contributed by atoms with E-state index in [2.05, 4.69) is 70.2 Å². The molecule has 0 radical (unpaired) electrons. The SMILES string of the molecule is CC1CN1c1nc(CN2CCN(C(c3ccc(Cl)cc3)c3ccc(Cl)cc3)CC2)nc2ccccc12. The topological polar surface area (TPSA) is 35.3 Å². The van der Waals surface area contributed by atoms with E-state index in [0.717, 1.165) is 71.9 Å². The van der Waals surface area contributed by atoms with Crippen LogP contribution in [0, 0.1) is 0 Å². The number of nitrogens with zero attached hydrogens (tertiary/aromatic N) is 5. The maximum atomic E-state index is 6.19. The van der Waals surface area contributed by atoms with E-state index in [4.69, 9.17) is 33.2 Å². The Morgan fingerprint density at radius 2 is 1.39 bits per heavy atom. The normalized spacial score (nSPS) is 18.8. The molecular formula is C29H29Cl2N5. The van der Waals surface area contributed by atoms with Gasteiger partial charge in [-0.2, -0.15) is 0 Å². The summed E-state index contributed by atoms with van der Waals surface area (Å²) in [5.74, 6) is 1.98. The highest BCUT2D eigenvalue weighted by Gasteiger charge is 2.33. The first-order chi connectivity index (χ1) is 17.5. The summed E-state index contributed by atoms with van der Waals surface area (Å²) >= 11 is 12.4. The molecule has 0 spiro atoms. The van der Waals surface area contributed by atoms with Crippen LogP contribution < -0.4 is 4.90 Å². The summed E-state index contributed by atoms with van der Waals surface area (Å²) in [6.45, 7) is 7.91. The molecule has 0 saturated carbocycles. The molecule has 0 N–H and O–H groups in total. The van der Waals surface area contributed by atoms with Crippen molar-refractivity contribution in [2.24, 2.45) is 0 Å². The Hall–Kier alpha value is -2.70. The van der Waals surface area contributed by atoms with E-state index in [1.54, 1.807) is 0 Å². The van der Waals surface area contributed by atoms with Gasteiger partial charge in [0.1, 0.15) is 11.6 Å². The van der Waals surface area contributed by atoms with Gasteiger partial charge in [-0.1, -0.05) is 59.6 Å². The van der Waals surface area contributed by atoms with Crippen molar-refractivity contribution in [3.05, 3.63) is 99.8 Å². The highest BCUT2D eigenvalue weighted by atomic mass is 35.5. The average molecular weight is 518 g/mol. The molecule has 4 aromatic rings. The average Bonchev–Trinajstić information content (AvgIpc) is 3.63. The molecule has 2 aliphatic heterocycles. The summed E-state index contributed by atoms with van der Waals surface area (Å²) < 4.78 is 0. The molecule has 5 nitrogen and oxygen atoms in total. The van der Waals surface area contributed by atoms with Gasteiger partial charge >= 0.3 is 0 Å². The number of hydrogen-bond donors (Lipinski definition) is 0. The van der Waals surface area contributed by atoms with Crippen molar-refractivity contribution in [1.29, 1.82) is 0 Å². The second-order valence-corrected chi connectivity index (χ2v) is 10.7. The van der Waals surface area contributed by atoms with Crippen LogP contribution in [0.2, 0.25) is 10.0 Å². The zero-order valence-corrected chi connectivity index (χ0v) is 21.8. The van der Waals surface area contributed by atoms with Gasteiger partial charge in [0.15, 0.2) is 0 Å². The molecule has 0 amide bonds. The first-order valence-corrected chi connectivity index (χ1v) is 13.3. The number of fused-ring (bicyclic) bond motifs is 1. The van der Waals surface area contributed by atoms with Crippen LogP contribution >= 0.6 is 23.2 Å². The zero-order valence-electron chi connectivity index (χ0n) is 20.3. The molecule has 6 rings (SSSR count). The lowest BCUT2D eigenvalue weighted by molar-refractivity contribution is 0.103. The van der Waals surface area contributed by atoms with Crippen LogP contribution in [0.15, 0.2) is 72.8 Å². The maximum absolute atomic E-state index is 6.19. The maximum Gasteiger partial charge on any atom is 0.145 e. The van der Waals surface area contributed by atoms with Gasteiger partial charge in [0.25, 0.3) is 0 Å². The molecule has 3 heterocycles. The summed E-state index contributed by atoms with van der Waals surface area (Å²) in [5.41, 5.74) is 3.51. The third kappa shape index (κ3) is 4.94. The van der Waals surface area contributed by atoms with Gasteiger partial charge in [-0.25, -0.2) is 9.97 Å². The van der Waals surface area contributed by atoms with Gasteiger partial charge in [0.05, 0.1) is 18.1 Å². The number of aromatic nitrogens is 2. The van der Waals surface area contributed by atoms with Crippen molar-refractivity contribution in [1.82, 2.24) is 19.8 Å². The van der Waals surface area contributed by atoms with E-state index >= 15 is 0 Å². The fraction of sp³-hybridized carbons (Fsp3) is 0.310. The number of anilines is 1. The quantitative estimate of drug-likeness (QED) is 0.291. The Bertz CT molecular complexity index is 1310. The summed E-state index contributed by atoms with van der Waals surface area (Å²) in [6, 6.07) is 25.5. The van der Waals surface area contributed by atoms with E-state index in [9.17, 15) is 0 Å². The fourth-order valence-corrected chi connectivity index (χ4v) is 5.46. The van der Waals surface area contributed by atoms with Crippen molar-refractivity contribution in [3.63, 3.8) is 0 Å². The molecule has 2 fully saturated rings. The lowest BCUT2D eigenvalue weighted by Crippen LogP contribution is -2.47. The van der Waals surface area contributed by atoms with E-state index in [0.29, 0.717) is 6.04 Å². The van der Waals surface area contributed by atoms with Crippen molar-refractivity contribution in [2.45, 2.75) is 25.6 Å². The van der Waals surface area contributed by atoms with Crippen LogP contribution in [-0.2, 0) is 6.54 Å². The molecule has 2 saturated heterocycles. The summed E-state index contributed by atoms with van der Waals surface area (Å²) in [7, 11) is 0. The van der Waals surface area contributed by atoms with Crippen LogP contribution in [0.3, 0.4) is 0 Å². The number of piperazine rings is 1. The lowest BCUT2D eigenvalue weighted by Gasteiger charge is -2.39. The molecule has 3 aromatic carbocycles. The van der Waals surface area contributed by atoms with Gasteiger partial charge in [-0.15, -0.1) is 0 Å². The molecule has 0 aliphatic carbocycles. The minimum atomic E-state index is 0.161. The van der Waals surface area contributed by atoms with E-state index in [-0.39, 0.29) is 6.04 Å². The smallest absolute Gasteiger partial charge is 0.145 e. The summed E-state index contributed by atoms with van der Waals surface area (Å²) in [4.78, 5) is 17.3. The molecule has 36 heavy (non-hydrogen) atoms. The van der Waals surface area contributed by atoms with Crippen LogP contribution in [-0.4, -0.2) is 58.5 Å². The number of para-hydroxylation sites is 1. The van der Waals surface area contributed by atoms with Gasteiger partial charge in [-0.3, -0.25) is 9.80 Å². The molecule has 2 aliphatic rings. The Balaban J connectivity index is 1.20. The first kappa shape index (κ1) is 23.7. The Kier molecular flexibility index (Phi) is 6.57.